The Morgan fingerprint density at radius 3 is 3.08 bits per heavy atom. The Kier molecular flexibility index (Phi) is 4.08. The zero-order valence-corrected chi connectivity index (χ0v) is 14.5. The molecule has 4 rings (SSSR count). The summed E-state index contributed by atoms with van der Waals surface area (Å²) in [6, 6.07) is 7.95. The van der Waals surface area contributed by atoms with Gasteiger partial charge in [-0.15, -0.1) is 11.3 Å². The molecule has 0 bridgehead atoms. The van der Waals surface area contributed by atoms with Crippen LogP contribution in [0.15, 0.2) is 36.7 Å². The van der Waals surface area contributed by atoms with Crippen LogP contribution in [0.5, 0.6) is 0 Å². The van der Waals surface area contributed by atoms with Gasteiger partial charge in [0.25, 0.3) is 5.91 Å². The van der Waals surface area contributed by atoms with Crippen molar-refractivity contribution < 1.29 is 4.79 Å². The van der Waals surface area contributed by atoms with Crippen molar-refractivity contribution in [2.75, 3.05) is 20.1 Å². The lowest BCUT2D eigenvalue weighted by Crippen LogP contribution is -2.22. The molecule has 6 heteroatoms. The van der Waals surface area contributed by atoms with E-state index in [0.29, 0.717) is 6.54 Å². The molecule has 0 saturated carbocycles. The normalized spacial score (nSPS) is 15.2. The SMILES string of the molecule is CN1CCc2cc(C(=O)NCc3cn4ccccc4n3)sc2CC1. The lowest BCUT2D eigenvalue weighted by atomic mass is 10.1. The van der Waals surface area contributed by atoms with Crippen molar-refractivity contribution in [3.63, 3.8) is 0 Å². The van der Waals surface area contributed by atoms with Gasteiger partial charge < -0.3 is 14.6 Å². The second kappa shape index (κ2) is 6.37. The van der Waals surface area contributed by atoms with Crippen LogP contribution in [0.1, 0.15) is 25.8 Å². The molecule has 0 aromatic carbocycles. The minimum absolute atomic E-state index is 0.00140. The first-order chi connectivity index (χ1) is 11.7. The Labute approximate surface area is 144 Å². The van der Waals surface area contributed by atoms with E-state index in [4.69, 9.17) is 0 Å². The van der Waals surface area contributed by atoms with Crippen LogP contribution in [0.25, 0.3) is 5.65 Å². The van der Waals surface area contributed by atoms with E-state index in [1.54, 1.807) is 11.3 Å². The van der Waals surface area contributed by atoms with E-state index >= 15 is 0 Å². The molecule has 0 aliphatic carbocycles. The van der Waals surface area contributed by atoms with Crippen LogP contribution in [-0.4, -0.2) is 40.3 Å². The van der Waals surface area contributed by atoms with Gasteiger partial charge in [0.15, 0.2) is 0 Å². The monoisotopic (exact) mass is 340 g/mol. The van der Waals surface area contributed by atoms with Gasteiger partial charge in [0.1, 0.15) is 5.65 Å². The first-order valence-corrected chi connectivity index (χ1v) is 9.01. The summed E-state index contributed by atoms with van der Waals surface area (Å²) in [5, 5.41) is 2.99. The lowest BCUT2D eigenvalue weighted by Gasteiger charge is -2.11. The summed E-state index contributed by atoms with van der Waals surface area (Å²) in [5.41, 5.74) is 3.10. The van der Waals surface area contributed by atoms with Crippen LogP contribution >= 0.6 is 11.3 Å². The molecule has 0 radical (unpaired) electrons. The van der Waals surface area contributed by atoms with Gasteiger partial charge in [-0.1, -0.05) is 6.07 Å². The highest BCUT2D eigenvalue weighted by Crippen LogP contribution is 2.26. The largest absolute Gasteiger partial charge is 0.346 e. The van der Waals surface area contributed by atoms with Crippen molar-refractivity contribution in [3.8, 4) is 0 Å². The summed E-state index contributed by atoms with van der Waals surface area (Å²) >= 11 is 1.63. The van der Waals surface area contributed by atoms with E-state index in [1.807, 2.05) is 35.0 Å². The number of rotatable bonds is 3. The van der Waals surface area contributed by atoms with Crippen molar-refractivity contribution in [2.45, 2.75) is 19.4 Å². The molecule has 4 heterocycles. The van der Waals surface area contributed by atoms with Crippen LogP contribution in [0, 0.1) is 0 Å². The van der Waals surface area contributed by atoms with Crippen molar-refractivity contribution in [3.05, 3.63) is 57.7 Å². The Bertz CT molecular complexity index is 824. The van der Waals surface area contributed by atoms with Crippen molar-refractivity contribution in [1.29, 1.82) is 0 Å². The summed E-state index contributed by atoms with van der Waals surface area (Å²) in [6.07, 6.45) is 5.98. The average Bonchev–Trinajstić information content (AvgIpc) is 3.15. The second-order valence-electron chi connectivity index (χ2n) is 6.24. The number of nitrogens with zero attached hydrogens (tertiary/aromatic N) is 3. The predicted molar refractivity (Wildman–Crippen MR) is 95.6 cm³/mol. The fourth-order valence-corrected chi connectivity index (χ4v) is 4.16. The molecule has 1 aliphatic heterocycles. The molecule has 0 fully saturated rings. The van der Waals surface area contributed by atoms with E-state index in [2.05, 4.69) is 28.3 Å². The molecular weight excluding hydrogens is 320 g/mol. The molecule has 24 heavy (non-hydrogen) atoms. The number of likely N-dealkylation sites (N-methyl/N-ethyl adjacent to an activating group) is 1. The molecule has 0 spiro atoms. The molecule has 3 aromatic rings. The van der Waals surface area contributed by atoms with Gasteiger partial charge >= 0.3 is 0 Å². The molecule has 0 saturated heterocycles. The number of aromatic nitrogens is 2. The van der Waals surface area contributed by atoms with Crippen LogP contribution in [0.3, 0.4) is 0 Å². The average molecular weight is 340 g/mol. The van der Waals surface area contributed by atoms with E-state index in [1.165, 1.54) is 10.4 Å². The van der Waals surface area contributed by atoms with Crippen molar-refractivity contribution >= 4 is 22.9 Å². The number of fused-ring (bicyclic) bond motifs is 2. The molecule has 1 amide bonds. The highest BCUT2D eigenvalue weighted by atomic mass is 32.1. The standard InChI is InChI=1S/C18H20N4OS/c1-21-8-5-13-10-16(24-15(13)6-9-21)18(23)19-11-14-12-22-7-3-2-4-17(22)20-14/h2-4,7,10,12H,5-6,8-9,11H2,1H3,(H,19,23). The first kappa shape index (κ1) is 15.4. The zero-order chi connectivity index (χ0) is 16.5. The number of hydrogen-bond acceptors (Lipinski definition) is 4. The highest BCUT2D eigenvalue weighted by Gasteiger charge is 2.18. The molecule has 3 aromatic heterocycles. The van der Waals surface area contributed by atoms with Crippen LogP contribution in [0.2, 0.25) is 0 Å². The van der Waals surface area contributed by atoms with E-state index in [0.717, 1.165) is 42.1 Å². The number of carbonyl (C=O) groups is 1. The van der Waals surface area contributed by atoms with Gasteiger partial charge in [0.05, 0.1) is 17.1 Å². The quantitative estimate of drug-likeness (QED) is 0.796. The molecule has 0 atom stereocenters. The molecule has 124 valence electrons. The Balaban J connectivity index is 1.44. The van der Waals surface area contributed by atoms with Crippen LogP contribution in [-0.2, 0) is 19.4 Å². The maximum atomic E-state index is 12.5. The smallest absolute Gasteiger partial charge is 0.261 e. The maximum Gasteiger partial charge on any atom is 0.261 e. The van der Waals surface area contributed by atoms with Gasteiger partial charge in [-0.05, 0) is 43.7 Å². The van der Waals surface area contributed by atoms with Crippen molar-refractivity contribution in [1.82, 2.24) is 19.6 Å². The summed E-state index contributed by atoms with van der Waals surface area (Å²) in [6.45, 7) is 2.58. The van der Waals surface area contributed by atoms with Crippen LogP contribution < -0.4 is 5.32 Å². The minimum atomic E-state index is -0.00140. The first-order valence-electron chi connectivity index (χ1n) is 8.20. The summed E-state index contributed by atoms with van der Waals surface area (Å²) in [4.78, 5) is 21.5. The third kappa shape index (κ3) is 3.07. The van der Waals surface area contributed by atoms with Gasteiger partial charge in [-0.3, -0.25) is 4.79 Å². The number of imidazole rings is 1. The van der Waals surface area contributed by atoms with Gasteiger partial charge in [0, 0.05) is 30.4 Å². The number of pyridine rings is 1. The fourth-order valence-electron chi connectivity index (χ4n) is 3.05. The third-order valence-electron chi connectivity index (χ3n) is 4.45. The number of hydrogen-bond donors (Lipinski definition) is 1. The second-order valence-corrected chi connectivity index (χ2v) is 7.38. The Morgan fingerprint density at radius 2 is 2.21 bits per heavy atom. The summed E-state index contributed by atoms with van der Waals surface area (Å²) in [5.74, 6) is -0.00140. The molecule has 1 aliphatic rings. The lowest BCUT2D eigenvalue weighted by molar-refractivity contribution is 0.0954. The fraction of sp³-hybridized carbons (Fsp3) is 0.333. The van der Waals surface area contributed by atoms with Gasteiger partial charge in [-0.25, -0.2) is 4.98 Å². The maximum absolute atomic E-state index is 12.5. The van der Waals surface area contributed by atoms with Gasteiger partial charge in [-0.2, -0.15) is 0 Å². The van der Waals surface area contributed by atoms with E-state index < -0.39 is 0 Å². The number of thiophene rings is 1. The van der Waals surface area contributed by atoms with E-state index in [9.17, 15) is 4.79 Å². The minimum Gasteiger partial charge on any atom is -0.346 e. The third-order valence-corrected chi connectivity index (χ3v) is 5.68. The Hall–Kier alpha value is -2.18. The molecular formula is C18H20N4OS. The zero-order valence-electron chi connectivity index (χ0n) is 13.7. The topological polar surface area (TPSA) is 49.6 Å². The number of carbonyl (C=O) groups excluding carboxylic acids is 1. The summed E-state index contributed by atoms with van der Waals surface area (Å²) in [7, 11) is 2.15. The van der Waals surface area contributed by atoms with E-state index in [-0.39, 0.29) is 5.91 Å². The van der Waals surface area contributed by atoms with Crippen molar-refractivity contribution in [2.24, 2.45) is 0 Å². The highest BCUT2D eigenvalue weighted by molar-refractivity contribution is 7.14. The summed E-state index contributed by atoms with van der Waals surface area (Å²) < 4.78 is 1.96. The number of nitrogens with one attached hydrogen (secondary N) is 1. The van der Waals surface area contributed by atoms with Gasteiger partial charge in [0.2, 0.25) is 0 Å². The Morgan fingerprint density at radius 1 is 1.33 bits per heavy atom. The van der Waals surface area contributed by atoms with Crippen LogP contribution in [0.4, 0.5) is 0 Å². The predicted octanol–water partition coefficient (Wildman–Crippen LogP) is 2.36. The molecule has 0 unspecified atom stereocenters. The number of amides is 1. The molecule has 1 N–H and O–H groups in total. The molecule has 5 nitrogen and oxygen atoms in total.